The third-order valence-electron chi connectivity index (χ3n) is 5.29. The third kappa shape index (κ3) is 3.92. The van der Waals surface area contributed by atoms with Crippen molar-refractivity contribution in [2.24, 2.45) is 0 Å². The number of carbonyl (C=O) groups is 1. The predicted molar refractivity (Wildman–Crippen MR) is 116 cm³/mol. The number of benzene rings is 1. The highest BCUT2D eigenvalue weighted by Gasteiger charge is 2.33. The minimum Gasteiger partial charge on any atom is -0.373 e. The molecule has 3 heterocycles. The Labute approximate surface area is 171 Å². The first-order valence-electron chi connectivity index (χ1n) is 9.69. The Hall–Kier alpha value is -3.41. The minimum absolute atomic E-state index is 0.111. The van der Waals surface area contributed by atoms with Gasteiger partial charge in [0.25, 0.3) is 5.91 Å². The Balaban J connectivity index is 1.52. The predicted octanol–water partition coefficient (Wildman–Crippen LogP) is 4.07. The van der Waals surface area contributed by atoms with E-state index in [1.807, 2.05) is 24.3 Å². The second-order valence-electron chi connectivity index (χ2n) is 8.03. The number of hydrogen-bond acceptors (Lipinski definition) is 5. The van der Waals surface area contributed by atoms with Gasteiger partial charge in [0.15, 0.2) is 0 Å². The minimum atomic E-state index is -0.185. The van der Waals surface area contributed by atoms with Crippen LogP contribution in [0.5, 0.6) is 0 Å². The number of fused-ring (bicyclic) bond motifs is 1. The van der Waals surface area contributed by atoms with Gasteiger partial charge in [0.2, 0.25) is 0 Å². The fourth-order valence-corrected chi connectivity index (χ4v) is 3.88. The van der Waals surface area contributed by atoms with Crippen molar-refractivity contribution in [3.05, 3.63) is 77.7 Å². The largest absolute Gasteiger partial charge is 0.373 e. The van der Waals surface area contributed by atoms with E-state index in [1.54, 1.807) is 30.7 Å². The number of pyridine rings is 2. The van der Waals surface area contributed by atoms with E-state index in [2.05, 4.69) is 52.5 Å². The van der Waals surface area contributed by atoms with E-state index in [9.17, 15) is 4.79 Å². The number of carbonyl (C=O) groups excluding carboxylic acids is 1. The molecule has 1 amide bonds. The molecule has 2 N–H and O–H groups in total. The van der Waals surface area contributed by atoms with E-state index < -0.39 is 0 Å². The maximum absolute atomic E-state index is 12.9. The van der Waals surface area contributed by atoms with Crippen LogP contribution in [0.1, 0.15) is 35.3 Å². The fraction of sp³-hybridized carbons (Fsp3) is 0.261. The summed E-state index contributed by atoms with van der Waals surface area (Å²) >= 11 is 0. The highest BCUT2D eigenvalue weighted by molar-refractivity contribution is 6.07. The molecule has 0 saturated heterocycles. The van der Waals surface area contributed by atoms with Gasteiger partial charge in [-0.05, 0) is 47.5 Å². The summed E-state index contributed by atoms with van der Waals surface area (Å²) in [5.41, 5.74) is 4.94. The summed E-state index contributed by atoms with van der Waals surface area (Å²) in [6.45, 7) is 6.01. The molecule has 0 unspecified atom stereocenters. The summed E-state index contributed by atoms with van der Waals surface area (Å²) in [6.07, 6.45) is 5.17. The zero-order valence-electron chi connectivity index (χ0n) is 16.9. The van der Waals surface area contributed by atoms with Gasteiger partial charge in [-0.2, -0.15) is 0 Å². The molecule has 1 aliphatic heterocycles. The average Bonchev–Trinajstić information content (AvgIpc) is 2.95. The van der Waals surface area contributed by atoms with Crippen molar-refractivity contribution in [1.82, 2.24) is 9.97 Å². The van der Waals surface area contributed by atoms with E-state index in [1.165, 1.54) is 5.56 Å². The van der Waals surface area contributed by atoms with Crippen LogP contribution in [0.3, 0.4) is 0 Å². The van der Waals surface area contributed by atoms with Gasteiger partial charge in [-0.15, -0.1) is 0 Å². The van der Waals surface area contributed by atoms with Crippen LogP contribution in [-0.2, 0) is 12.0 Å². The second kappa shape index (κ2) is 7.54. The summed E-state index contributed by atoms with van der Waals surface area (Å²) < 4.78 is 0. The molecule has 0 aliphatic carbocycles. The monoisotopic (exact) mass is 387 g/mol. The number of aromatic nitrogens is 2. The van der Waals surface area contributed by atoms with Crippen molar-refractivity contribution >= 4 is 23.1 Å². The highest BCUT2D eigenvalue weighted by Crippen LogP contribution is 2.40. The summed E-state index contributed by atoms with van der Waals surface area (Å²) in [6, 6.07) is 13.5. The molecule has 6 heteroatoms. The van der Waals surface area contributed by atoms with Gasteiger partial charge in [0.1, 0.15) is 5.82 Å². The van der Waals surface area contributed by atoms with Crippen LogP contribution in [0.15, 0.2) is 61.1 Å². The Morgan fingerprint density at radius 2 is 1.93 bits per heavy atom. The topological polar surface area (TPSA) is 70.2 Å². The second-order valence-corrected chi connectivity index (χ2v) is 8.03. The molecule has 0 bridgehead atoms. The Morgan fingerprint density at radius 1 is 1.14 bits per heavy atom. The molecule has 6 nitrogen and oxygen atoms in total. The number of rotatable bonds is 5. The molecule has 2 aromatic heterocycles. The van der Waals surface area contributed by atoms with Gasteiger partial charge in [-0.25, -0.2) is 4.98 Å². The quantitative estimate of drug-likeness (QED) is 0.691. The molecule has 0 atom stereocenters. The van der Waals surface area contributed by atoms with Gasteiger partial charge < -0.3 is 15.5 Å². The molecule has 4 rings (SSSR count). The number of amides is 1. The van der Waals surface area contributed by atoms with Crippen LogP contribution in [0.25, 0.3) is 0 Å². The molecule has 0 spiro atoms. The molecular formula is C23H25N5O. The van der Waals surface area contributed by atoms with Crippen LogP contribution in [-0.4, -0.2) is 29.5 Å². The molecule has 0 radical (unpaired) electrons. The number of likely N-dealkylation sites (N-methyl/N-ethyl adjacent to an activating group) is 1. The summed E-state index contributed by atoms with van der Waals surface area (Å²) in [5, 5.41) is 6.27. The van der Waals surface area contributed by atoms with E-state index in [-0.39, 0.29) is 11.3 Å². The van der Waals surface area contributed by atoms with Gasteiger partial charge in [-0.3, -0.25) is 9.78 Å². The summed E-state index contributed by atoms with van der Waals surface area (Å²) in [7, 11) is 2.08. The Bertz CT molecular complexity index is 1030. The lowest BCUT2D eigenvalue weighted by molar-refractivity contribution is 0.102. The molecule has 148 valence electrons. The van der Waals surface area contributed by atoms with Crippen molar-refractivity contribution in [3.63, 3.8) is 0 Å². The third-order valence-corrected chi connectivity index (χ3v) is 5.29. The Kier molecular flexibility index (Phi) is 4.92. The number of hydrogen-bond donors (Lipinski definition) is 2. The van der Waals surface area contributed by atoms with Gasteiger partial charge >= 0.3 is 0 Å². The first kappa shape index (κ1) is 18.9. The van der Waals surface area contributed by atoms with Gasteiger partial charge in [-0.1, -0.05) is 19.9 Å². The maximum Gasteiger partial charge on any atom is 0.259 e. The SMILES string of the molecule is CN1CC(C)(C)c2ccc(NC(=O)c3cccnc3NCc3ccncc3)cc21. The van der Waals surface area contributed by atoms with E-state index in [4.69, 9.17) is 0 Å². The van der Waals surface area contributed by atoms with Crippen LogP contribution in [0.4, 0.5) is 17.2 Å². The fourth-order valence-electron chi connectivity index (χ4n) is 3.88. The lowest BCUT2D eigenvalue weighted by atomic mass is 9.87. The van der Waals surface area contributed by atoms with Crippen molar-refractivity contribution < 1.29 is 4.79 Å². The maximum atomic E-state index is 12.9. The van der Waals surface area contributed by atoms with Crippen LogP contribution >= 0.6 is 0 Å². The summed E-state index contributed by atoms with van der Waals surface area (Å²) in [4.78, 5) is 23.5. The highest BCUT2D eigenvalue weighted by atomic mass is 16.1. The molecular weight excluding hydrogens is 362 g/mol. The lowest BCUT2D eigenvalue weighted by Gasteiger charge is -2.18. The molecule has 29 heavy (non-hydrogen) atoms. The molecule has 1 aromatic carbocycles. The first-order chi connectivity index (χ1) is 13.9. The average molecular weight is 387 g/mol. The lowest BCUT2D eigenvalue weighted by Crippen LogP contribution is -2.24. The van der Waals surface area contributed by atoms with Gasteiger partial charge in [0, 0.05) is 55.5 Å². The van der Waals surface area contributed by atoms with Crippen LogP contribution < -0.4 is 15.5 Å². The zero-order valence-corrected chi connectivity index (χ0v) is 16.9. The van der Waals surface area contributed by atoms with E-state index in [0.29, 0.717) is 17.9 Å². The zero-order chi connectivity index (χ0) is 20.4. The molecule has 1 aliphatic rings. The Morgan fingerprint density at radius 3 is 2.72 bits per heavy atom. The van der Waals surface area contributed by atoms with Crippen LogP contribution in [0.2, 0.25) is 0 Å². The molecule has 0 fully saturated rings. The van der Waals surface area contributed by atoms with E-state index in [0.717, 1.165) is 23.5 Å². The van der Waals surface area contributed by atoms with Crippen molar-refractivity contribution in [2.45, 2.75) is 25.8 Å². The van der Waals surface area contributed by atoms with E-state index >= 15 is 0 Å². The molecule has 3 aromatic rings. The first-order valence-corrected chi connectivity index (χ1v) is 9.69. The number of nitrogens with zero attached hydrogens (tertiary/aromatic N) is 3. The normalized spacial score (nSPS) is 14.4. The standard InChI is InChI=1S/C23H25N5O/c1-23(2)15-28(3)20-13-17(6-7-19(20)23)27-22(29)18-5-4-10-25-21(18)26-14-16-8-11-24-12-9-16/h4-13H,14-15H2,1-3H3,(H,25,26)(H,27,29). The number of anilines is 3. The smallest absolute Gasteiger partial charge is 0.259 e. The summed E-state index contributed by atoms with van der Waals surface area (Å²) in [5.74, 6) is 0.372. The van der Waals surface area contributed by atoms with Crippen molar-refractivity contribution in [3.8, 4) is 0 Å². The number of nitrogens with one attached hydrogen (secondary N) is 2. The van der Waals surface area contributed by atoms with Gasteiger partial charge in [0.05, 0.1) is 5.56 Å². The van der Waals surface area contributed by atoms with Crippen molar-refractivity contribution in [1.29, 1.82) is 0 Å². The van der Waals surface area contributed by atoms with Crippen molar-refractivity contribution in [2.75, 3.05) is 29.1 Å². The molecule has 0 saturated carbocycles. The van der Waals surface area contributed by atoms with Crippen LogP contribution in [0, 0.1) is 0 Å².